The molecule has 0 aromatic heterocycles. The van der Waals surface area contributed by atoms with Crippen LogP contribution in [0.2, 0.25) is 0 Å². The van der Waals surface area contributed by atoms with E-state index in [9.17, 15) is 9.18 Å². The standard InChI is InChI=1S/C17H19FN2O/c1-4-20(13-8-5-7-12(2)11-13)17(21)14-9-6-10-15(18)16(14)19-3/h5-11,19H,4H2,1-3H3. The van der Waals surface area contributed by atoms with Crippen LogP contribution in [-0.4, -0.2) is 19.5 Å². The number of amides is 1. The Labute approximate surface area is 124 Å². The number of hydrogen-bond donors (Lipinski definition) is 1. The van der Waals surface area contributed by atoms with Crippen LogP contribution in [0.1, 0.15) is 22.8 Å². The van der Waals surface area contributed by atoms with Gasteiger partial charge in [-0.05, 0) is 43.7 Å². The van der Waals surface area contributed by atoms with Crippen LogP contribution in [0, 0.1) is 12.7 Å². The predicted octanol–water partition coefficient (Wildman–Crippen LogP) is 3.84. The highest BCUT2D eigenvalue weighted by Crippen LogP contribution is 2.24. The second kappa shape index (κ2) is 6.39. The molecule has 1 amide bonds. The number of carbonyl (C=O) groups is 1. The number of carbonyl (C=O) groups excluding carboxylic acids is 1. The van der Waals surface area contributed by atoms with E-state index in [2.05, 4.69) is 5.32 Å². The molecular formula is C17H19FN2O. The third-order valence-corrected chi connectivity index (χ3v) is 3.37. The van der Waals surface area contributed by atoms with Crippen molar-refractivity contribution >= 4 is 17.3 Å². The third kappa shape index (κ3) is 3.05. The van der Waals surface area contributed by atoms with E-state index in [-0.39, 0.29) is 11.6 Å². The fourth-order valence-corrected chi connectivity index (χ4v) is 2.34. The van der Waals surface area contributed by atoms with Crippen molar-refractivity contribution < 1.29 is 9.18 Å². The lowest BCUT2D eigenvalue weighted by Crippen LogP contribution is -2.31. The first kappa shape index (κ1) is 15.0. The molecular weight excluding hydrogens is 267 g/mol. The summed E-state index contributed by atoms with van der Waals surface area (Å²) in [6, 6.07) is 12.2. The maximum absolute atomic E-state index is 13.8. The average Bonchev–Trinajstić information content (AvgIpc) is 2.47. The Hall–Kier alpha value is -2.36. The lowest BCUT2D eigenvalue weighted by atomic mass is 10.1. The van der Waals surface area contributed by atoms with Gasteiger partial charge in [-0.15, -0.1) is 0 Å². The monoisotopic (exact) mass is 286 g/mol. The number of rotatable bonds is 4. The predicted molar refractivity (Wildman–Crippen MR) is 84.5 cm³/mol. The van der Waals surface area contributed by atoms with Crippen molar-refractivity contribution in [1.29, 1.82) is 0 Å². The van der Waals surface area contributed by atoms with Gasteiger partial charge < -0.3 is 10.2 Å². The van der Waals surface area contributed by atoms with E-state index >= 15 is 0 Å². The highest BCUT2D eigenvalue weighted by atomic mass is 19.1. The minimum Gasteiger partial charge on any atom is -0.385 e. The Morgan fingerprint density at radius 3 is 2.57 bits per heavy atom. The van der Waals surface area contributed by atoms with Crippen LogP contribution in [-0.2, 0) is 0 Å². The fraction of sp³-hybridized carbons (Fsp3) is 0.235. The van der Waals surface area contributed by atoms with Gasteiger partial charge in [-0.2, -0.15) is 0 Å². The summed E-state index contributed by atoms with van der Waals surface area (Å²) in [7, 11) is 1.61. The van der Waals surface area contributed by atoms with E-state index in [1.165, 1.54) is 6.07 Å². The van der Waals surface area contributed by atoms with Crippen LogP contribution in [0.3, 0.4) is 0 Å². The molecule has 0 aliphatic carbocycles. The first-order valence-corrected chi connectivity index (χ1v) is 6.93. The fourth-order valence-electron chi connectivity index (χ4n) is 2.34. The smallest absolute Gasteiger partial charge is 0.260 e. The van der Waals surface area contributed by atoms with E-state index in [0.29, 0.717) is 12.1 Å². The topological polar surface area (TPSA) is 32.3 Å². The molecule has 2 rings (SSSR count). The normalized spacial score (nSPS) is 10.3. The zero-order chi connectivity index (χ0) is 15.4. The Morgan fingerprint density at radius 2 is 1.95 bits per heavy atom. The van der Waals surface area contributed by atoms with Gasteiger partial charge in [-0.25, -0.2) is 4.39 Å². The highest BCUT2D eigenvalue weighted by molar-refractivity contribution is 6.09. The van der Waals surface area contributed by atoms with E-state index < -0.39 is 5.82 Å². The average molecular weight is 286 g/mol. The number of nitrogens with one attached hydrogen (secondary N) is 1. The van der Waals surface area contributed by atoms with E-state index in [1.807, 2.05) is 38.1 Å². The lowest BCUT2D eigenvalue weighted by molar-refractivity contribution is 0.0988. The summed E-state index contributed by atoms with van der Waals surface area (Å²) in [5.41, 5.74) is 2.45. The Balaban J connectivity index is 2.44. The third-order valence-electron chi connectivity index (χ3n) is 3.37. The first-order valence-electron chi connectivity index (χ1n) is 6.93. The number of benzene rings is 2. The van der Waals surface area contributed by atoms with Gasteiger partial charge in [0.2, 0.25) is 0 Å². The Kier molecular flexibility index (Phi) is 4.58. The number of anilines is 2. The maximum atomic E-state index is 13.8. The van der Waals surface area contributed by atoms with Crippen molar-refractivity contribution in [2.45, 2.75) is 13.8 Å². The van der Waals surface area contributed by atoms with E-state index in [0.717, 1.165) is 11.3 Å². The van der Waals surface area contributed by atoms with Gasteiger partial charge in [0.1, 0.15) is 5.82 Å². The summed E-state index contributed by atoms with van der Waals surface area (Å²) in [5.74, 6) is -0.643. The SMILES string of the molecule is CCN(C(=O)c1cccc(F)c1NC)c1cccc(C)c1. The number of aryl methyl sites for hydroxylation is 1. The van der Waals surface area contributed by atoms with Crippen molar-refractivity contribution in [3.63, 3.8) is 0 Å². The molecule has 0 fully saturated rings. The van der Waals surface area contributed by atoms with E-state index in [4.69, 9.17) is 0 Å². The molecule has 1 N–H and O–H groups in total. The molecule has 0 saturated carbocycles. The van der Waals surface area contributed by atoms with Crippen molar-refractivity contribution in [2.24, 2.45) is 0 Å². The lowest BCUT2D eigenvalue weighted by Gasteiger charge is -2.23. The van der Waals surface area contributed by atoms with Gasteiger partial charge in [0, 0.05) is 19.3 Å². The summed E-state index contributed by atoms with van der Waals surface area (Å²) < 4.78 is 13.8. The van der Waals surface area contributed by atoms with Crippen molar-refractivity contribution in [3.8, 4) is 0 Å². The number of para-hydroxylation sites is 1. The van der Waals surface area contributed by atoms with Crippen LogP contribution in [0.25, 0.3) is 0 Å². The molecule has 4 heteroatoms. The molecule has 0 heterocycles. The Morgan fingerprint density at radius 1 is 1.24 bits per heavy atom. The van der Waals surface area contributed by atoms with Gasteiger partial charge >= 0.3 is 0 Å². The summed E-state index contributed by atoms with van der Waals surface area (Å²) in [5, 5.41) is 2.76. The van der Waals surface area contributed by atoms with Crippen LogP contribution in [0.5, 0.6) is 0 Å². The highest BCUT2D eigenvalue weighted by Gasteiger charge is 2.20. The van der Waals surface area contributed by atoms with Gasteiger partial charge in [-0.1, -0.05) is 18.2 Å². The second-order valence-electron chi connectivity index (χ2n) is 4.80. The van der Waals surface area contributed by atoms with Crippen LogP contribution >= 0.6 is 0 Å². The molecule has 0 aliphatic rings. The zero-order valence-electron chi connectivity index (χ0n) is 12.5. The molecule has 0 atom stereocenters. The van der Waals surface area contributed by atoms with Crippen molar-refractivity contribution in [1.82, 2.24) is 0 Å². The summed E-state index contributed by atoms with van der Waals surface area (Å²) in [6.07, 6.45) is 0. The van der Waals surface area contributed by atoms with Gasteiger partial charge in [0.15, 0.2) is 0 Å². The number of hydrogen-bond acceptors (Lipinski definition) is 2. The molecule has 0 radical (unpaired) electrons. The van der Waals surface area contributed by atoms with Crippen LogP contribution < -0.4 is 10.2 Å². The quantitative estimate of drug-likeness (QED) is 0.926. The van der Waals surface area contributed by atoms with E-state index in [1.54, 1.807) is 24.1 Å². The second-order valence-corrected chi connectivity index (χ2v) is 4.80. The number of nitrogens with zero attached hydrogens (tertiary/aromatic N) is 1. The summed E-state index contributed by atoms with van der Waals surface area (Å²) in [6.45, 7) is 4.39. The van der Waals surface area contributed by atoms with Gasteiger partial charge in [0.25, 0.3) is 5.91 Å². The van der Waals surface area contributed by atoms with Gasteiger partial charge in [0.05, 0.1) is 11.3 Å². The first-order chi connectivity index (χ1) is 10.1. The molecule has 110 valence electrons. The molecule has 2 aromatic rings. The molecule has 2 aromatic carbocycles. The Bertz CT molecular complexity index is 655. The van der Waals surface area contributed by atoms with Crippen LogP contribution in [0.15, 0.2) is 42.5 Å². The minimum absolute atomic E-state index is 0.216. The van der Waals surface area contributed by atoms with Crippen molar-refractivity contribution in [3.05, 3.63) is 59.4 Å². The molecule has 0 bridgehead atoms. The molecule has 0 aliphatic heterocycles. The van der Waals surface area contributed by atoms with Gasteiger partial charge in [-0.3, -0.25) is 4.79 Å². The molecule has 0 saturated heterocycles. The molecule has 0 unspecified atom stereocenters. The zero-order valence-corrected chi connectivity index (χ0v) is 12.5. The largest absolute Gasteiger partial charge is 0.385 e. The molecule has 0 spiro atoms. The summed E-state index contributed by atoms with van der Waals surface area (Å²) in [4.78, 5) is 14.4. The summed E-state index contributed by atoms with van der Waals surface area (Å²) >= 11 is 0. The minimum atomic E-state index is -0.427. The molecule has 21 heavy (non-hydrogen) atoms. The maximum Gasteiger partial charge on any atom is 0.260 e. The van der Waals surface area contributed by atoms with Crippen LogP contribution in [0.4, 0.5) is 15.8 Å². The molecule has 3 nitrogen and oxygen atoms in total. The van der Waals surface area contributed by atoms with Crippen molar-refractivity contribution in [2.75, 3.05) is 23.8 Å². The number of halogens is 1.